The summed E-state index contributed by atoms with van der Waals surface area (Å²) in [5.74, 6) is 0.735. The van der Waals surface area contributed by atoms with E-state index < -0.39 is 0 Å². The van der Waals surface area contributed by atoms with E-state index in [0.29, 0.717) is 11.2 Å². The van der Waals surface area contributed by atoms with Crippen LogP contribution in [0.1, 0.15) is 15.9 Å². The molecule has 3 aromatic carbocycles. The summed E-state index contributed by atoms with van der Waals surface area (Å²) in [6.45, 7) is 0. The molecule has 0 amide bonds. The van der Waals surface area contributed by atoms with Crippen LogP contribution in [0.5, 0.6) is 0 Å². The number of pyridine rings is 1. The van der Waals surface area contributed by atoms with Gasteiger partial charge in [-0.2, -0.15) is 0 Å². The first kappa shape index (κ1) is 15.7. The number of fused-ring (bicyclic) bond motifs is 8. The van der Waals surface area contributed by atoms with Crippen LogP contribution in [0.3, 0.4) is 0 Å². The fourth-order valence-corrected chi connectivity index (χ4v) is 4.49. The summed E-state index contributed by atoms with van der Waals surface area (Å²) >= 11 is 3.59. The lowest BCUT2D eigenvalue weighted by Crippen LogP contribution is -2.01. The summed E-state index contributed by atoms with van der Waals surface area (Å²) in [6.07, 6.45) is 0. The van der Waals surface area contributed by atoms with Crippen molar-refractivity contribution in [2.75, 3.05) is 0 Å². The number of benzene rings is 3. The maximum absolute atomic E-state index is 13.3. The summed E-state index contributed by atoms with van der Waals surface area (Å²) in [6, 6.07) is 23.8. The summed E-state index contributed by atoms with van der Waals surface area (Å²) in [5, 5.41) is 9.92. The van der Waals surface area contributed by atoms with Crippen molar-refractivity contribution < 1.29 is 4.79 Å². The van der Waals surface area contributed by atoms with Crippen LogP contribution in [0.2, 0.25) is 0 Å². The van der Waals surface area contributed by atoms with Gasteiger partial charge in [0.1, 0.15) is 0 Å². The minimum atomic E-state index is 0.00415. The van der Waals surface area contributed by atoms with Gasteiger partial charge in [0.25, 0.3) is 0 Å². The zero-order valence-corrected chi connectivity index (χ0v) is 16.1. The normalized spacial score (nSPS) is 12.5. The van der Waals surface area contributed by atoms with Crippen molar-refractivity contribution in [1.29, 1.82) is 0 Å². The van der Waals surface area contributed by atoms with E-state index >= 15 is 0 Å². The predicted molar refractivity (Wildman–Crippen MR) is 112 cm³/mol. The van der Waals surface area contributed by atoms with Crippen LogP contribution < -0.4 is 0 Å². The Kier molecular flexibility index (Phi) is 3.14. The summed E-state index contributed by atoms with van der Waals surface area (Å²) in [7, 11) is 0. The maximum Gasteiger partial charge on any atom is 0.198 e. The molecular weight excluding hydrogens is 414 g/mol. The Bertz CT molecular complexity index is 1440. The van der Waals surface area contributed by atoms with Gasteiger partial charge in [-0.1, -0.05) is 70.5 Å². The Morgan fingerprint density at radius 1 is 0.786 bits per heavy atom. The molecule has 0 unspecified atom stereocenters. The molecule has 0 bridgehead atoms. The predicted octanol–water partition coefficient (Wildman–Crippen LogP) is 5.52. The second-order valence-corrected chi connectivity index (χ2v) is 7.75. The molecule has 4 nitrogen and oxygen atoms in total. The highest BCUT2D eigenvalue weighted by atomic mass is 79.9. The second-order valence-electron chi connectivity index (χ2n) is 6.83. The first-order chi connectivity index (χ1) is 13.7. The fourth-order valence-electron chi connectivity index (χ4n) is 4.13. The Hall–Kier alpha value is -3.31. The third-order valence-corrected chi connectivity index (χ3v) is 5.80. The van der Waals surface area contributed by atoms with Gasteiger partial charge in [-0.3, -0.25) is 9.20 Å². The van der Waals surface area contributed by atoms with E-state index in [4.69, 9.17) is 0 Å². The fraction of sp³-hybridized carbons (Fsp3) is 0. The van der Waals surface area contributed by atoms with E-state index in [1.54, 1.807) is 0 Å². The second kappa shape index (κ2) is 5.59. The van der Waals surface area contributed by atoms with Gasteiger partial charge in [0.05, 0.1) is 11.1 Å². The molecule has 2 heterocycles. The Labute approximate surface area is 168 Å². The third kappa shape index (κ3) is 1.97. The molecule has 28 heavy (non-hydrogen) atoms. The van der Waals surface area contributed by atoms with Gasteiger partial charge in [0.15, 0.2) is 17.3 Å². The van der Waals surface area contributed by atoms with Crippen LogP contribution in [-0.4, -0.2) is 20.4 Å². The van der Waals surface area contributed by atoms with Gasteiger partial charge in [-0.05, 0) is 23.8 Å². The van der Waals surface area contributed by atoms with Crippen molar-refractivity contribution in [3.05, 3.63) is 88.4 Å². The minimum absolute atomic E-state index is 0.00415. The number of carbonyl (C=O) groups excluding carboxylic acids is 1. The number of rotatable bonds is 1. The molecule has 0 spiro atoms. The Morgan fingerprint density at radius 2 is 1.54 bits per heavy atom. The number of hydrogen-bond acceptors (Lipinski definition) is 3. The first-order valence-electron chi connectivity index (χ1n) is 8.94. The molecule has 1 aliphatic carbocycles. The van der Waals surface area contributed by atoms with Crippen LogP contribution in [0.4, 0.5) is 0 Å². The van der Waals surface area contributed by atoms with Gasteiger partial charge in [0.2, 0.25) is 0 Å². The van der Waals surface area contributed by atoms with Crippen molar-refractivity contribution >= 4 is 38.3 Å². The number of halogens is 1. The lowest BCUT2D eigenvalue weighted by atomic mass is 10.0. The van der Waals surface area contributed by atoms with Gasteiger partial charge in [-0.15, -0.1) is 10.2 Å². The molecule has 5 heteroatoms. The average Bonchev–Trinajstić information content (AvgIpc) is 3.29. The molecule has 0 saturated heterocycles. The molecule has 2 aromatic heterocycles. The highest BCUT2D eigenvalue weighted by Crippen LogP contribution is 2.44. The summed E-state index contributed by atoms with van der Waals surface area (Å²) in [5.41, 5.74) is 5.78. The smallest absolute Gasteiger partial charge is 0.198 e. The molecule has 6 rings (SSSR count). The zero-order chi connectivity index (χ0) is 18.8. The van der Waals surface area contributed by atoms with E-state index in [0.717, 1.165) is 43.5 Å². The first-order valence-corrected chi connectivity index (χ1v) is 9.73. The molecule has 0 N–H and O–H groups in total. The van der Waals surface area contributed by atoms with Crippen molar-refractivity contribution in [3.8, 4) is 22.5 Å². The van der Waals surface area contributed by atoms with Crippen molar-refractivity contribution in [2.24, 2.45) is 0 Å². The molecule has 0 radical (unpaired) electrons. The molecular formula is C23H12BrN3O. The average molecular weight is 426 g/mol. The molecule has 132 valence electrons. The number of aromatic nitrogens is 3. The molecule has 5 aromatic rings. The summed E-state index contributed by atoms with van der Waals surface area (Å²) < 4.78 is 2.97. The van der Waals surface area contributed by atoms with E-state index in [1.807, 2.05) is 71.1 Å². The number of ketones is 1. The van der Waals surface area contributed by atoms with Crippen LogP contribution in [0.15, 0.2) is 77.3 Å². The lowest BCUT2D eigenvalue weighted by Gasteiger charge is -2.11. The van der Waals surface area contributed by atoms with E-state index in [1.165, 1.54) is 0 Å². The zero-order valence-electron chi connectivity index (χ0n) is 14.6. The van der Waals surface area contributed by atoms with Crippen LogP contribution >= 0.6 is 15.9 Å². The largest absolute Gasteiger partial charge is 0.288 e. The summed E-state index contributed by atoms with van der Waals surface area (Å²) in [4.78, 5) is 13.3. The van der Waals surface area contributed by atoms with E-state index in [9.17, 15) is 4.79 Å². The van der Waals surface area contributed by atoms with Crippen molar-refractivity contribution in [3.63, 3.8) is 0 Å². The quantitative estimate of drug-likeness (QED) is 0.348. The number of hydrogen-bond donors (Lipinski definition) is 0. The lowest BCUT2D eigenvalue weighted by molar-refractivity contribution is 0.104. The Balaban J connectivity index is 1.85. The van der Waals surface area contributed by atoms with E-state index in [-0.39, 0.29) is 5.78 Å². The molecule has 1 aliphatic rings. The Morgan fingerprint density at radius 3 is 2.36 bits per heavy atom. The van der Waals surface area contributed by atoms with Gasteiger partial charge < -0.3 is 0 Å². The van der Waals surface area contributed by atoms with Crippen LogP contribution in [0, 0.1) is 0 Å². The molecule has 0 atom stereocenters. The molecule has 0 fully saturated rings. The van der Waals surface area contributed by atoms with E-state index in [2.05, 4.69) is 32.2 Å². The maximum atomic E-state index is 13.3. The molecule has 0 aliphatic heterocycles. The molecule has 0 saturated carbocycles. The topological polar surface area (TPSA) is 47.3 Å². The highest BCUT2D eigenvalue weighted by Gasteiger charge is 2.33. The van der Waals surface area contributed by atoms with Gasteiger partial charge in [-0.25, -0.2) is 0 Å². The van der Waals surface area contributed by atoms with Crippen LogP contribution in [-0.2, 0) is 0 Å². The van der Waals surface area contributed by atoms with Crippen molar-refractivity contribution in [2.45, 2.75) is 0 Å². The van der Waals surface area contributed by atoms with Crippen molar-refractivity contribution in [1.82, 2.24) is 14.6 Å². The number of carbonyl (C=O) groups is 1. The third-order valence-electron chi connectivity index (χ3n) is 5.31. The standard InChI is InChI=1S/C23H12BrN3O/c24-14-10-11-18-17(12-14)19-15-8-4-5-9-16(15)21(28)20(19)23-26-25-22(27(18)23)13-6-2-1-3-7-13/h1-12H. The number of nitrogens with zero attached hydrogens (tertiary/aromatic N) is 3. The highest BCUT2D eigenvalue weighted by molar-refractivity contribution is 9.10. The monoisotopic (exact) mass is 425 g/mol. The van der Waals surface area contributed by atoms with Gasteiger partial charge in [0, 0.05) is 26.5 Å². The van der Waals surface area contributed by atoms with Crippen LogP contribution in [0.25, 0.3) is 39.1 Å². The van der Waals surface area contributed by atoms with Gasteiger partial charge >= 0.3 is 0 Å². The minimum Gasteiger partial charge on any atom is -0.288 e. The SMILES string of the molecule is O=C1c2ccccc2-c2c1c1nnc(-c3ccccc3)n1c1ccc(Br)cc21.